The van der Waals surface area contributed by atoms with E-state index in [1.54, 1.807) is 30.3 Å². The quantitative estimate of drug-likeness (QED) is 0.312. The third-order valence-electron chi connectivity index (χ3n) is 7.66. The second-order valence-electron chi connectivity index (χ2n) is 10.4. The lowest BCUT2D eigenvalue weighted by Crippen LogP contribution is -2.54. The fourth-order valence-electron chi connectivity index (χ4n) is 5.10. The Morgan fingerprint density at radius 2 is 1.67 bits per heavy atom. The molecule has 0 atom stereocenters. The zero-order valence-electron chi connectivity index (χ0n) is 23.9. The number of benzene rings is 3. The first-order chi connectivity index (χ1) is 20.3. The number of piperidine rings is 1. The predicted molar refractivity (Wildman–Crippen MR) is 158 cm³/mol. The van der Waals surface area contributed by atoms with Crippen LogP contribution in [0.2, 0.25) is 0 Å². The van der Waals surface area contributed by atoms with E-state index in [4.69, 9.17) is 9.47 Å². The van der Waals surface area contributed by atoms with Gasteiger partial charge >= 0.3 is 6.03 Å². The van der Waals surface area contributed by atoms with Crippen LogP contribution in [0, 0.1) is 13.8 Å². The van der Waals surface area contributed by atoms with Gasteiger partial charge in [0.15, 0.2) is 11.5 Å². The van der Waals surface area contributed by atoms with Gasteiger partial charge < -0.3 is 14.4 Å². The number of nitrogens with zero attached hydrogens (tertiary/aromatic N) is 2. The summed E-state index contributed by atoms with van der Waals surface area (Å²) in [6.45, 7) is 5.56. The largest absolute Gasteiger partial charge is 0.493 e. The van der Waals surface area contributed by atoms with Crippen LogP contribution in [0.4, 0.5) is 10.5 Å². The molecule has 2 aliphatic rings. The number of hydrogen-bond acceptors (Lipinski definition) is 6. The van der Waals surface area contributed by atoms with Crippen molar-refractivity contribution in [3.8, 4) is 11.5 Å². The molecular formula is C33H33N3O6. The molecule has 216 valence electrons. The van der Waals surface area contributed by atoms with Crippen molar-refractivity contribution < 1.29 is 28.7 Å². The molecule has 5 amide bonds. The third-order valence-corrected chi connectivity index (χ3v) is 7.66. The van der Waals surface area contributed by atoms with E-state index in [1.807, 2.05) is 49.1 Å². The summed E-state index contributed by atoms with van der Waals surface area (Å²) in [6.07, 6.45) is 4.68. The molecule has 0 aromatic heterocycles. The van der Waals surface area contributed by atoms with Gasteiger partial charge in [0.2, 0.25) is 0 Å². The minimum atomic E-state index is -0.791. The summed E-state index contributed by atoms with van der Waals surface area (Å²) >= 11 is 0. The van der Waals surface area contributed by atoms with Crippen molar-refractivity contribution in [2.45, 2.75) is 39.7 Å². The first-order valence-electron chi connectivity index (χ1n) is 13.9. The fraction of sp³-hybridized carbons (Fsp3) is 0.273. The number of rotatable bonds is 7. The van der Waals surface area contributed by atoms with E-state index in [0.717, 1.165) is 47.5 Å². The van der Waals surface area contributed by atoms with Crippen molar-refractivity contribution in [2.75, 3.05) is 25.1 Å². The third kappa shape index (κ3) is 5.90. The van der Waals surface area contributed by atoms with Gasteiger partial charge in [0.05, 0.1) is 12.8 Å². The Morgan fingerprint density at radius 1 is 0.929 bits per heavy atom. The Morgan fingerprint density at radius 3 is 2.38 bits per heavy atom. The molecule has 9 nitrogen and oxygen atoms in total. The Labute approximate surface area is 244 Å². The smallest absolute Gasteiger partial charge is 0.335 e. The van der Waals surface area contributed by atoms with Gasteiger partial charge in [-0.1, -0.05) is 30.3 Å². The number of methoxy groups -OCH3 is 1. The maximum atomic E-state index is 13.3. The molecule has 3 aromatic carbocycles. The van der Waals surface area contributed by atoms with E-state index in [0.29, 0.717) is 28.3 Å². The minimum Gasteiger partial charge on any atom is -0.493 e. The highest BCUT2D eigenvalue weighted by molar-refractivity contribution is 6.39. The number of hydrogen-bond donors (Lipinski definition) is 1. The Kier molecular flexibility index (Phi) is 8.38. The molecule has 2 saturated heterocycles. The molecule has 0 bridgehead atoms. The lowest BCUT2D eigenvalue weighted by atomic mass is 10.0. The fourth-order valence-corrected chi connectivity index (χ4v) is 5.10. The van der Waals surface area contributed by atoms with Gasteiger partial charge in [-0.2, -0.15) is 0 Å². The number of barbiturate groups is 1. The molecule has 0 spiro atoms. The summed E-state index contributed by atoms with van der Waals surface area (Å²) < 4.78 is 11.5. The number of nitrogens with one attached hydrogen (secondary N) is 1. The van der Waals surface area contributed by atoms with Gasteiger partial charge in [-0.3, -0.25) is 19.7 Å². The molecule has 9 heteroatoms. The first-order valence-corrected chi connectivity index (χ1v) is 13.9. The minimum absolute atomic E-state index is 0.0557. The van der Waals surface area contributed by atoms with Crippen LogP contribution < -0.4 is 19.7 Å². The van der Waals surface area contributed by atoms with Crippen molar-refractivity contribution in [2.24, 2.45) is 0 Å². The van der Waals surface area contributed by atoms with Crippen molar-refractivity contribution in [1.82, 2.24) is 10.2 Å². The topological polar surface area (TPSA) is 105 Å². The summed E-state index contributed by atoms with van der Waals surface area (Å²) in [5, 5.41) is 2.26. The van der Waals surface area contributed by atoms with E-state index in [9.17, 15) is 19.2 Å². The highest BCUT2D eigenvalue weighted by Crippen LogP contribution is 2.31. The second-order valence-corrected chi connectivity index (χ2v) is 10.4. The molecule has 5 rings (SSSR count). The van der Waals surface area contributed by atoms with Gasteiger partial charge in [0, 0.05) is 18.7 Å². The monoisotopic (exact) mass is 567 g/mol. The Balaban J connectivity index is 1.30. The van der Waals surface area contributed by atoms with Crippen LogP contribution in [-0.2, 0) is 16.2 Å². The number of ether oxygens (including phenoxy) is 2. The number of aryl methyl sites for hydroxylation is 1. The van der Waals surface area contributed by atoms with Crippen LogP contribution in [0.3, 0.4) is 0 Å². The molecule has 0 saturated carbocycles. The average Bonchev–Trinajstić information content (AvgIpc) is 3.00. The summed E-state index contributed by atoms with van der Waals surface area (Å²) in [5.41, 5.74) is 3.99. The maximum Gasteiger partial charge on any atom is 0.335 e. The lowest BCUT2D eigenvalue weighted by Gasteiger charge is -2.28. The summed E-state index contributed by atoms with van der Waals surface area (Å²) in [4.78, 5) is 54.2. The number of urea groups is 1. The first kappa shape index (κ1) is 28.6. The molecule has 2 aliphatic heterocycles. The van der Waals surface area contributed by atoms with Crippen molar-refractivity contribution >= 4 is 35.5 Å². The molecule has 42 heavy (non-hydrogen) atoms. The lowest BCUT2D eigenvalue weighted by molar-refractivity contribution is -0.122. The number of imide groups is 2. The van der Waals surface area contributed by atoms with Crippen LogP contribution in [0.25, 0.3) is 6.08 Å². The van der Waals surface area contributed by atoms with Gasteiger partial charge in [-0.25, -0.2) is 9.69 Å². The average molecular weight is 568 g/mol. The molecule has 0 aliphatic carbocycles. The van der Waals surface area contributed by atoms with Crippen molar-refractivity contribution in [1.29, 1.82) is 0 Å². The van der Waals surface area contributed by atoms with Crippen molar-refractivity contribution in [3.63, 3.8) is 0 Å². The summed E-state index contributed by atoms with van der Waals surface area (Å²) in [5.74, 6) is -0.542. The molecule has 2 fully saturated rings. The highest BCUT2D eigenvalue weighted by Gasteiger charge is 2.37. The van der Waals surface area contributed by atoms with Crippen LogP contribution in [0.1, 0.15) is 51.9 Å². The van der Waals surface area contributed by atoms with Crippen LogP contribution in [0.15, 0.2) is 66.2 Å². The number of likely N-dealkylation sites (tertiary alicyclic amines) is 1. The number of amides is 5. The molecule has 0 radical (unpaired) electrons. The summed E-state index contributed by atoms with van der Waals surface area (Å²) in [6, 6.07) is 17.0. The number of anilines is 1. The van der Waals surface area contributed by atoms with E-state index in [1.165, 1.54) is 19.6 Å². The Hall–Kier alpha value is -4.92. The van der Waals surface area contributed by atoms with E-state index in [2.05, 4.69) is 5.32 Å². The molecule has 1 N–H and O–H groups in total. The molecular weight excluding hydrogens is 534 g/mol. The zero-order valence-corrected chi connectivity index (χ0v) is 23.9. The molecule has 2 heterocycles. The van der Waals surface area contributed by atoms with E-state index in [-0.39, 0.29) is 18.1 Å². The standard InChI is InChI=1S/C33H33N3O6/c1-21-8-7-9-27(22(21)2)36-32(39)26(30(37)34-33(36)40)18-24-12-15-28(29(19-24)41-3)42-20-23-10-13-25(14-11-23)31(38)35-16-5-4-6-17-35/h7-15,18-19H,4-6,16-17,20H2,1-3H3,(H,34,37,40)/b26-18+. The van der Waals surface area contributed by atoms with Gasteiger partial charge in [-0.05, 0) is 91.8 Å². The Bertz CT molecular complexity index is 1570. The van der Waals surface area contributed by atoms with Crippen LogP contribution in [0.5, 0.6) is 11.5 Å². The van der Waals surface area contributed by atoms with Crippen LogP contribution >= 0.6 is 0 Å². The normalized spacial score (nSPS) is 16.5. The maximum absolute atomic E-state index is 13.3. The van der Waals surface area contributed by atoms with Crippen LogP contribution in [-0.4, -0.2) is 48.9 Å². The highest BCUT2D eigenvalue weighted by atomic mass is 16.5. The van der Waals surface area contributed by atoms with Gasteiger partial charge in [0.25, 0.3) is 17.7 Å². The van der Waals surface area contributed by atoms with Gasteiger partial charge in [-0.15, -0.1) is 0 Å². The SMILES string of the molecule is COc1cc(/C=C2\C(=O)NC(=O)N(c3cccc(C)c3C)C2=O)ccc1OCc1ccc(C(=O)N2CCCCC2)cc1. The zero-order chi connectivity index (χ0) is 29.8. The van der Waals surface area contributed by atoms with E-state index < -0.39 is 17.8 Å². The second kappa shape index (κ2) is 12.3. The predicted octanol–water partition coefficient (Wildman–Crippen LogP) is 5.18. The number of carbonyl (C=O) groups is 4. The van der Waals surface area contributed by atoms with E-state index >= 15 is 0 Å². The van der Waals surface area contributed by atoms with Gasteiger partial charge in [0.1, 0.15) is 12.2 Å². The summed E-state index contributed by atoms with van der Waals surface area (Å²) in [7, 11) is 1.50. The number of carbonyl (C=O) groups excluding carboxylic acids is 4. The molecule has 0 unspecified atom stereocenters. The molecule has 3 aromatic rings. The van der Waals surface area contributed by atoms with Crippen molar-refractivity contribution in [3.05, 3.63) is 94.1 Å².